The van der Waals surface area contributed by atoms with Crippen molar-refractivity contribution in [3.8, 4) is 11.5 Å². The summed E-state index contributed by atoms with van der Waals surface area (Å²) in [5, 5.41) is 8.11. The normalized spacial score (nSPS) is 19.8. The van der Waals surface area contributed by atoms with Crippen molar-refractivity contribution in [3.63, 3.8) is 0 Å². The summed E-state index contributed by atoms with van der Waals surface area (Å²) in [6.07, 6.45) is 0.345. The highest BCUT2D eigenvalue weighted by Gasteiger charge is 2.41. The van der Waals surface area contributed by atoms with Crippen molar-refractivity contribution >= 4 is 28.9 Å². The lowest BCUT2D eigenvalue weighted by Crippen LogP contribution is -2.33. The smallest absolute Gasteiger partial charge is 0.215 e. The number of nitrogens with zero attached hydrogens (tertiary/aromatic N) is 2. The number of benzene rings is 3. The van der Waals surface area contributed by atoms with Crippen LogP contribution in [0, 0.1) is 0 Å². The number of halogens is 2. The zero-order valence-electron chi connectivity index (χ0n) is 15.7. The number of ether oxygens (including phenoxy) is 2. The summed E-state index contributed by atoms with van der Waals surface area (Å²) in [4.78, 5) is 0. The Labute approximate surface area is 179 Å². The van der Waals surface area contributed by atoms with Crippen LogP contribution < -0.4 is 9.47 Å². The van der Waals surface area contributed by atoms with Crippen LogP contribution in [0.15, 0.2) is 71.8 Å². The second-order valence-electron chi connectivity index (χ2n) is 7.05. The zero-order chi connectivity index (χ0) is 20.0. The van der Waals surface area contributed by atoms with Gasteiger partial charge in [-0.3, -0.25) is 0 Å². The van der Waals surface area contributed by atoms with Crippen molar-refractivity contribution in [2.45, 2.75) is 18.7 Å². The minimum Gasteiger partial charge on any atom is -0.497 e. The van der Waals surface area contributed by atoms with Gasteiger partial charge in [0, 0.05) is 28.1 Å². The van der Waals surface area contributed by atoms with E-state index in [1.54, 1.807) is 13.2 Å². The summed E-state index contributed by atoms with van der Waals surface area (Å²) in [6, 6.07) is 21.6. The second kappa shape index (κ2) is 7.29. The molecule has 2 aliphatic rings. The van der Waals surface area contributed by atoms with Crippen LogP contribution in [0.2, 0.25) is 10.0 Å². The molecule has 0 saturated heterocycles. The Morgan fingerprint density at radius 1 is 1.00 bits per heavy atom. The fourth-order valence-corrected chi connectivity index (χ4v) is 4.42. The van der Waals surface area contributed by atoms with Gasteiger partial charge in [0.25, 0.3) is 0 Å². The largest absolute Gasteiger partial charge is 0.497 e. The first-order chi connectivity index (χ1) is 14.1. The predicted octanol–water partition coefficient (Wildman–Crippen LogP) is 6.24. The zero-order valence-corrected chi connectivity index (χ0v) is 17.2. The molecule has 146 valence electrons. The van der Waals surface area contributed by atoms with Crippen LogP contribution in [0.25, 0.3) is 0 Å². The number of hydrogen-bond donors (Lipinski definition) is 0. The van der Waals surface area contributed by atoms with E-state index in [0.717, 1.165) is 40.3 Å². The molecule has 0 radical (unpaired) electrons. The number of hydrogen-bond acceptors (Lipinski definition) is 4. The average Bonchev–Trinajstić information content (AvgIpc) is 3.19. The minimum absolute atomic E-state index is 0.0675. The Balaban J connectivity index is 1.60. The highest BCUT2D eigenvalue weighted by Crippen LogP contribution is 2.48. The first-order valence-electron chi connectivity index (χ1n) is 9.35. The van der Waals surface area contributed by atoms with Crippen molar-refractivity contribution in [2.75, 3.05) is 7.11 Å². The van der Waals surface area contributed by atoms with Crippen molar-refractivity contribution in [1.82, 2.24) is 5.01 Å². The number of fused-ring (bicyclic) bond motifs is 3. The number of para-hydroxylation sites is 1. The molecule has 4 nitrogen and oxygen atoms in total. The summed E-state index contributed by atoms with van der Waals surface area (Å²) in [5.41, 5.74) is 3.99. The third-order valence-electron chi connectivity index (χ3n) is 5.33. The standard InChI is InChI=1S/C23H18Cl2N2O2/c1-28-16-6-4-5-14(11-16)20-13-21-18-7-2-3-8-22(18)29-23(27(21)26-20)17-10-9-15(24)12-19(17)25/h2-12,21,23H,13H2,1H3/t21-,23-/m1/s1. The van der Waals surface area contributed by atoms with E-state index in [-0.39, 0.29) is 6.04 Å². The molecule has 5 rings (SSSR count). The van der Waals surface area contributed by atoms with Gasteiger partial charge in [0.05, 0.1) is 23.9 Å². The molecule has 29 heavy (non-hydrogen) atoms. The van der Waals surface area contributed by atoms with Gasteiger partial charge in [-0.1, -0.05) is 59.6 Å². The summed E-state index contributed by atoms with van der Waals surface area (Å²) >= 11 is 12.6. The molecule has 2 aliphatic heterocycles. The van der Waals surface area contributed by atoms with Crippen LogP contribution in [0.1, 0.15) is 35.4 Å². The van der Waals surface area contributed by atoms with E-state index in [0.29, 0.717) is 10.0 Å². The maximum atomic E-state index is 6.52. The molecule has 3 aromatic carbocycles. The lowest BCUT2D eigenvalue weighted by atomic mass is 9.96. The van der Waals surface area contributed by atoms with Gasteiger partial charge in [-0.05, 0) is 30.3 Å². The highest BCUT2D eigenvalue weighted by molar-refractivity contribution is 6.35. The van der Waals surface area contributed by atoms with Gasteiger partial charge in [-0.15, -0.1) is 0 Å². The summed E-state index contributed by atoms with van der Waals surface area (Å²) < 4.78 is 11.7. The monoisotopic (exact) mass is 424 g/mol. The van der Waals surface area contributed by atoms with Crippen LogP contribution in [0.3, 0.4) is 0 Å². The van der Waals surface area contributed by atoms with Crippen LogP contribution in [0.4, 0.5) is 0 Å². The van der Waals surface area contributed by atoms with Gasteiger partial charge >= 0.3 is 0 Å². The molecule has 0 N–H and O–H groups in total. The molecule has 3 aromatic rings. The van der Waals surface area contributed by atoms with E-state index in [1.165, 1.54) is 0 Å². The SMILES string of the molecule is COc1cccc(C2=NN3[C@H](C2)c2ccccc2O[C@@H]3c2ccc(Cl)cc2Cl)c1. The highest BCUT2D eigenvalue weighted by atomic mass is 35.5. The van der Waals surface area contributed by atoms with E-state index in [4.69, 9.17) is 37.8 Å². The van der Waals surface area contributed by atoms with Gasteiger partial charge in [0.2, 0.25) is 6.23 Å². The van der Waals surface area contributed by atoms with Gasteiger partial charge in [0.1, 0.15) is 11.5 Å². The van der Waals surface area contributed by atoms with Crippen LogP contribution in [0.5, 0.6) is 11.5 Å². The summed E-state index contributed by atoms with van der Waals surface area (Å²) in [6.45, 7) is 0. The minimum atomic E-state index is -0.428. The fourth-order valence-electron chi connectivity index (χ4n) is 3.92. The fraction of sp³-hybridized carbons (Fsp3) is 0.174. The van der Waals surface area contributed by atoms with Crippen molar-refractivity contribution < 1.29 is 9.47 Å². The Hall–Kier alpha value is -2.69. The summed E-state index contributed by atoms with van der Waals surface area (Å²) in [7, 11) is 1.67. The molecule has 0 aliphatic carbocycles. The third kappa shape index (κ3) is 3.22. The van der Waals surface area contributed by atoms with Crippen molar-refractivity contribution in [3.05, 3.63) is 93.5 Å². The maximum Gasteiger partial charge on any atom is 0.215 e. The van der Waals surface area contributed by atoms with Crippen LogP contribution in [-0.2, 0) is 0 Å². The lowest BCUT2D eigenvalue weighted by molar-refractivity contribution is -0.0189. The van der Waals surface area contributed by atoms with Gasteiger partial charge < -0.3 is 9.47 Å². The van der Waals surface area contributed by atoms with Crippen molar-refractivity contribution in [2.24, 2.45) is 5.10 Å². The van der Waals surface area contributed by atoms with E-state index in [1.807, 2.05) is 53.5 Å². The van der Waals surface area contributed by atoms with E-state index >= 15 is 0 Å². The molecule has 0 amide bonds. The quantitative estimate of drug-likeness (QED) is 0.498. The first-order valence-corrected chi connectivity index (χ1v) is 10.1. The predicted molar refractivity (Wildman–Crippen MR) is 115 cm³/mol. The number of rotatable bonds is 3. The molecule has 0 unspecified atom stereocenters. The Morgan fingerprint density at radius 3 is 2.69 bits per heavy atom. The first kappa shape index (κ1) is 18.3. The lowest BCUT2D eigenvalue weighted by Gasteiger charge is -2.38. The molecule has 0 aromatic heterocycles. The molecule has 0 saturated carbocycles. The molecule has 0 bridgehead atoms. The van der Waals surface area contributed by atoms with E-state index in [9.17, 15) is 0 Å². The molecule has 0 fully saturated rings. The van der Waals surface area contributed by atoms with Crippen molar-refractivity contribution in [1.29, 1.82) is 0 Å². The number of hydrazone groups is 1. The topological polar surface area (TPSA) is 34.1 Å². The number of methoxy groups -OCH3 is 1. The average molecular weight is 425 g/mol. The molecular weight excluding hydrogens is 407 g/mol. The van der Waals surface area contributed by atoms with E-state index in [2.05, 4.69) is 12.1 Å². The second-order valence-corrected chi connectivity index (χ2v) is 7.90. The Kier molecular flexibility index (Phi) is 4.61. The molecule has 0 spiro atoms. The molecular formula is C23H18Cl2N2O2. The van der Waals surface area contributed by atoms with E-state index < -0.39 is 6.23 Å². The summed E-state index contributed by atoms with van der Waals surface area (Å²) in [5.74, 6) is 1.66. The molecule has 6 heteroatoms. The van der Waals surface area contributed by atoms with Gasteiger partial charge in [-0.25, -0.2) is 5.01 Å². The van der Waals surface area contributed by atoms with Gasteiger partial charge in [0.15, 0.2) is 0 Å². The van der Waals surface area contributed by atoms with Crippen LogP contribution in [-0.4, -0.2) is 17.8 Å². The Morgan fingerprint density at radius 2 is 1.86 bits per heavy atom. The Bertz CT molecular complexity index is 1120. The van der Waals surface area contributed by atoms with Gasteiger partial charge in [-0.2, -0.15) is 5.10 Å². The molecule has 2 heterocycles. The maximum absolute atomic E-state index is 6.52. The molecule has 2 atom stereocenters. The van der Waals surface area contributed by atoms with Crippen LogP contribution >= 0.6 is 23.2 Å². The third-order valence-corrected chi connectivity index (χ3v) is 5.89.